The molecule has 2 aromatic carbocycles. The molecule has 0 radical (unpaired) electrons. The molecular weight excluding hydrogens is 255 g/mol. The van der Waals surface area contributed by atoms with Gasteiger partial charge in [0.05, 0.1) is 0 Å². The van der Waals surface area contributed by atoms with Crippen LogP contribution in [0.1, 0.15) is 11.1 Å². The van der Waals surface area contributed by atoms with Gasteiger partial charge in [0, 0.05) is 10.0 Å². The largest absolute Gasteiger partial charge is 0.306 e. The van der Waals surface area contributed by atoms with E-state index in [0.717, 1.165) is 11.1 Å². The van der Waals surface area contributed by atoms with E-state index in [4.69, 9.17) is 34.7 Å². The Morgan fingerprint density at radius 1 is 0.765 bits per heavy atom. The summed E-state index contributed by atoms with van der Waals surface area (Å²) < 4.78 is 0. The van der Waals surface area contributed by atoms with Crippen LogP contribution in [0.3, 0.4) is 0 Å². The second-order valence-corrected chi connectivity index (χ2v) is 4.76. The van der Waals surface area contributed by atoms with Gasteiger partial charge in [0.25, 0.3) is 0 Å². The quantitative estimate of drug-likeness (QED) is 0.821. The maximum atomic E-state index is 6.16. The summed E-state index contributed by atoms with van der Waals surface area (Å²) in [6, 6.07) is 14.4. The molecule has 0 aliphatic carbocycles. The van der Waals surface area contributed by atoms with Crippen LogP contribution in [0.2, 0.25) is 10.0 Å². The van der Waals surface area contributed by atoms with E-state index in [1.165, 1.54) is 0 Å². The molecule has 0 aliphatic heterocycles. The molecule has 0 fully saturated rings. The molecule has 0 aromatic heterocycles. The first-order chi connectivity index (χ1) is 8.00. The molecule has 2 nitrogen and oxygen atoms in total. The van der Waals surface area contributed by atoms with E-state index in [2.05, 4.69) is 0 Å². The van der Waals surface area contributed by atoms with Crippen molar-refractivity contribution in [3.8, 4) is 0 Å². The van der Waals surface area contributed by atoms with E-state index in [-0.39, 0.29) is 0 Å². The first kappa shape index (κ1) is 12.4. The van der Waals surface area contributed by atoms with Gasteiger partial charge in [0.2, 0.25) is 0 Å². The van der Waals surface area contributed by atoms with Crippen LogP contribution in [-0.2, 0) is 5.66 Å². The Hall–Kier alpha value is -1.06. The van der Waals surface area contributed by atoms with Crippen LogP contribution in [0.15, 0.2) is 48.5 Å². The predicted molar refractivity (Wildman–Crippen MR) is 72.1 cm³/mol. The van der Waals surface area contributed by atoms with Crippen LogP contribution in [0.5, 0.6) is 0 Å². The maximum Gasteiger partial charge on any atom is 0.116 e. The standard InChI is InChI=1S/C13H12Cl2N2/c14-11-5-1-3-9(7-11)13(16,17)10-4-2-6-12(15)8-10/h1-8H,16-17H2. The molecule has 4 N–H and O–H groups in total. The SMILES string of the molecule is NC(N)(c1cccc(Cl)c1)c1cccc(Cl)c1. The van der Waals surface area contributed by atoms with Gasteiger partial charge in [-0.2, -0.15) is 0 Å². The smallest absolute Gasteiger partial charge is 0.116 e. The van der Waals surface area contributed by atoms with Crippen LogP contribution in [0.25, 0.3) is 0 Å². The van der Waals surface area contributed by atoms with E-state index in [0.29, 0.717) is 10.0 Å². The minimum atomic E-state index is -1.10. The number of rotatable bonds is 2. The minimum Gasteiger partial charge on any atom is -0.306 e. The lowest BCUT2D eigenvalue weighted by molar-refractivity contribution is 0.568. The summed E-state index contributed by atoms with van der Waals surface area (Å²) in [5.74, 6) is 0. The summed E-state index contributed by atoms with van der Waals surface area (Å²) in [6.45, 7) is 0. The van der Waals surface area contributed by atoms with Crippen LogP contribution < -0.4 is 11.5 Å². The number of nitrogens with two attached hydrogens (primary N) is 2. The molecule has 2 rings (SSSR count). The van der Waals surface area contributed by atoms with Crippen LogP contribution in [0, 0.1) is 0 Å². The monoisotopic (exact) mass is 266 g/mol. The average molecular weight is 267 g/mol. The Bertz CT molecular complexity index is 491. The van der Waals surface area contributed by atoms with Gasteiger partial charge < -0.3 is 11.5 Å². The highest BCUT2D eigenvalue weighted by atomic mass is 35.5. The van der Waals surface area contributed by atoms with E-state index in [9.17, 15) is 0 Å². The summed E-state index contributed by atoms with van der Waals surface area (Å²) in [5.41, 5.74) is 12.7. The Balaban J connectivity index is 2.49. The number of hydrogen-bond donors (Lipinski definition) is 2. The number of benzene rings is 2. The number of halogens is 2. The normalized spacial score (nSPS) is 11.5. The van der Waals surface area contributed by atoms with Crippen molar-refractivity contribution in [1.82, 2.24) is 0 Å². The van der Waals surface area contributed by atoms with Gasteiger partial charge in [0.1, 0.15) is 5.66 Å². The summed E-state index contributed by atoms with van der Waals surface area (Å²) in [6.07, 6.45) is 0. The molecule has 0 spiro atoms. The molecule has 0 aliphatic rings. The fourth-order valence-corrected chi connectivity index (χ4v) is 2.04. The van der Waals surface area contributed by atoms with E-state index >= 15 is 0 Å². The van der Waals surface area contributed by atoms with Crippen molar-refractivity contribution in [3.05, 3.63) is 69.7 Å². The summed E-state index contributed by atoms with van der Waals surface area (Å²) in [4.78, 5) is 0. The third-order valence-corrected chi connectivity index (χ3v) is 3.07. The van der Waals surface area contributed by atoms with Gasteiger partial charge in [0.15, 0.2) is 0 Å². The lowest BCUT2D eigenvalue weighted by Gasteiger charge is -2.26. The molecule has 0 bridgehead atoms. The topological polar surface area (TPSA) is 52.0 Å². The van der Waals surface area contributed by atoms with Crippen molar-refractivity contribution in [2.75, 3.05) is 0 Å². The van der Waals surface area contributed by atoms with Gasteiger partial charge in [-0.3, -0.25) is 0 Å². The fourth-order valence-electron chi connectivity index (χ4n) is 1.66. The Labute approximate surface area is 110 Å². The van der Waals surface area contributed by atoms with E-state index in [1.54, 1.807) is 24.3 Å². The molecule has 2 aromatic rings. The molecule has 0 heterocycles. The molecule has 4 heteroatoms. The highest BCUT2D eigenvalue weighted by molar-refractivity contribution is 6.31. The molecule has 0 amide bonds. The van der Waals surface area contributed by atoms with Crippen molar-refractivity contribution in [1.29, 1.82) is 0 Å². The fraction of sp³-hybridized carbons (Fsp3) is 0.0769. The van der Waals surface area contributed by atoms with Gasteiger partial charge in [-0.05, 0) is 35.4 Å². The first-order valence-electron chi connectivity index (χ1n) is 5.10. The van der Waals surface area contributed by atoms with Crippen molar-refractivity contribution >= 4 is 23.2 Å². The van der Waals surface area contributed by atoms with Crippen molar-refractivity contribution < 1.29 is 0 Å². The summed E-state index contributed by atoms with van der Waals surface area (Å²) >= 11 is 11.9. The van der Waals surface area contributed by atoms with Crippen molar-refractivity contribution in [2.45, 2.75) is 5.66 Å². The average Bonchev–Trinajstić information content (AvgIpc) is 2.29. The molecule has 0 saturated carbocycles. The van der Waals surface area contributed by atoms with Crippen molar-refractivity contribution in [2.24, 2.45) is 11.5 Å². The highest BCUT2D eigenvalue weighted by Crippen LogP contribution is 2.25. The molecule has 0 unspecified atom stereocenters. The lowest BCUT2D eigenvalue weighted by Crippen LogP contribution is -2.47. The zero-order valence-electron chi connectivity index (χ0n) is 9.03. The third kappa shape index (κ3) is 2.61. The lowest BCUT2D eigenvalue weighted by atomic mass is 9.93. The highest BCUT2D eigenvalue weighted by Gasteiger charge is 2.24. The van der Waals surface area contributed by atoms with E-state index < -0.39 is 5.66 Å². The van der Waals surface area contributed by atoms with Crippen molar-refractivity contribution in [3.63, 3.8) is 0 Å². The maximum absolute atomic E-state index is 6.16. The van der Waals surface area contributed by atoms with Gasteiger partial charge in [-0.25, -0.2) is 0 Å². The second kappa shape index (κ2) is 4.67. The Kier molecular flexibility index (Phi) is 3.40. The zero-order valence-corrected chi connectivity index (χ0v) is 10.5. The number of hydrogen-bond acceptors (Lipinski definition) is 2. The van der Waals surface area contributed by atoms with Gasteiger partial charge >= 0.3 is 0 Å². The second-order valence-electron chi connectivity index (χ2n) is 3.89. The predicted octanol–water partition coefficient (Wildman–Crippen LogP) is 3.11. The summed E-state index contributed by atoms with van der Waals surface area (Å²) in [5, 5.41) is 1.20. The summed E-state index contributed by atoms with van der Waals surface area (Å²) in [7, 11) is 0. The van der Waals surface area contributed by atoms with Gasteiger partial charge in [-0.1, -0.05) is 47.5 Å². The van der Waals surface area contributed by atoms with Crippen LogP contribution >= 0.6 is 23.2 Å². The Morgan fingerprint density at radius 2 is 1.18 bits per heavy atom. The molecule has 17 heavy (non-hydrogen) atoms. The van der Waals surface area contributed by atoms with Crippen LogP contribution in [0.4, 0.5) is 0 Å². The molecule has 0 atom stereocenters. The van der Waals surface area contributed by atoms with Crippen LogP contribution in [-0.4, -0.2) is 0 Å². The van der Waals surface area contributed by atoms with Gasteiger partial charge in [-0.15, -0.1) is 0 Å². The Morgan fingerprint density at radius 3 is 1.53 bits per heavy atom. The third-order valence-electron chi connectivity index (χ3n) is 2.60. The van der Waals surface area contributed by atoms with E-state index in [1.807, 2.05) is 24.3 Å². The first-order valence-corrected chi connectivity index (χ1v) is 5.85. The minimum absolute atomic E-state index is 0.602. The zero-order chi connectivity index (χ0) is 12.5. The molecule has 0 saturated heterocycles. The molecule has 88 valence electrons. The molecular formula is C13H12Cl2N2.